The molecule has 1 radical (unpaired) electrons. The third-order valence-electron chi connectivity index (χ3n) is 0.212. The normalized spacial score (nSPS) is 6.50. The molecule has 0 aromatic heterocycles. The third kappa shape index (κ3) is 9.58. The summed E-state index contributed by atoms with van der Waals surface area (Å²) >= 11 is 0. The molecule has 0 aliphatic carbocycles. The van der Waals surface area contributed by atoms with Gasteiger partial charge in [-0.2, -0.15) is 0 Å². The van der Waals surface area contributed by atoms with Crippen molar-refractivity contribution in [1.82, 2.24) is 5.43 Å². The molecule has 4 N–H and O–H groups in total. The Morgan fingerprint density at radius 1 is 1.88 bits per heavy atom. The van der Waals surface area contributed by atoms with Crippen molar-refractivity contribution in [2.75, 3.05) is 0 Å². The van der Waals surface area contributed by atoms with Gasteiger partial charge in [0.05, 0.1) is 0 Å². The quantitative estimate of drug-likeness (QED) is 0.133. The summed E-state index contributed by atoms with van der Waals surface area (Å²) in [4.78, 5) is 9.28. The largest absolute Gasteiger partial charge is 0.366 e. The van der Waals surface area contributed by atoms with Crippen molar-refractivity contribution in [1.29, 1.82) is 5.41 Å². The van der Waals surface area contributed by atoms with Crippen LogP contribution in [-0.2, 0) is 0 Å². The molecule has 0 heterocycles. The molecule has 0 aliphatic heterocycles. The second-order valence-corrected chi connectivity index (χ2v) is 0.783. The molecule has 0 aromatic carbocycles. The summed E-state index contributed by atoms with van der Waals surface area (Å²) in [5.74, 6) is -0.662. The molecule has 0 rings (SSSR count). The number of nitro groups is 1. The Hall–Kier alpha value is 0.306. The van der Waals surface area contributed by atoms with Crippen molar-refractivity contribution < 1.29 is 5.03 Å². The van der Waals surface area contributed by atoms with Crippen molar-refractivity contribution in [2.24, 2.45) is 5.73 Å². The van der Waals surface area contributed by atoms with E-state index in [9.17, 15) is 10.1 Å². The van der Waals surface area contributed by atoms with Gasteiger partial charge in [-0.15, -0.1) is 0 Å². The molecule has 0 fully saturated rings. The maximum atomic E-state index is 9.28. The van der Waals surface area contributed by atoms with Crippen LogP contribution in [0.15, 0.2) is 0 Å². The van der Waals surface area contributed by atoms with Crippen LogP contribution in [-0.4, -0.2) is 62.4 Å². The van der Waals surface area contributed by atoms with Crippen LogP contribution in [0.2, 0.25) is 0 Å². The third-order valence-corrected chi connectivity index (χ3v) is 0.212. The zero-order chi connectivity index (χ0) is 5.86. The van der Waals surface area contributed by atoms with Crippen LogP contribution < -0.4 is 11.2 Å². The summed E-state index contributed by atoms with van der Waals surface area (Å²) in [6.07, 6.45) is 0. The topological polar surface area (TPSA) is 105 Å². The first-order chi connectivity index (χ1) is 3.13. The number of guanidine groups is 1. The second kappa shape index (κ2) is 5.44. The van der Waals surface area contributed by atoms with E-state index in [-0.39, 0.29) is 51.4 Å². The molecule has 0 aliphatic rings. The average molecular weight is 143 g/mol. The number of nitrogens with zero attached hydrogens (tertiary/aromatic N) is 1. The standard InChI is InChI=1S/CH4N4O2.K/c2-1(3)4-5(6)7;/h(H4,2,3,4);. The molecule has 0 saturated carbocycles. The monoisotopic (exact) mass is 143 g/mol. The minimum atomic E-state index is -0.900. The zero-order valence-electron chi connectivity index (χ0n) is 4.34. The van der Waals surface area contributed by atoms with E-state index in [0.717, 1.165) is 0 Å². The van der Waals surface area contributed by atoms with Crippen LogP contribution in [0.3, 0.4) is 0 Å². The van der Waals surface area contributed by atoms with E-state index in [0.29, 0.717) is 0 Å². The first kappa shape index (κ1) is 11.1. The SMILES string of the molecule is N=C(N)N[N+](=O)[O-].[K]. The smallest absolute Gasteiger partial charge is 0.248 e. The zero-order valence-corrected chi connectivity index (χ0v) is 7.46. The van der Waals surface area contributed by atoms with E-state index >= 15 is 0 Å². The number of rotatable bonds is 1. The summed E-state index contributed by atoms with van der Waals surface area (Å²) in [5, 5.41) is 14.6. The van der Waals surface area contributed by atoms with Gasteiger partial charge in [-0.05, 0) is 0 Å². The molecule has 0 spiro atoms. The van der Waals surface area contributed by atoms with Gasteiger partial charge in [-0.25, -0.2) is 10.1 Å². The number of hydrogen-bond acceptors (Lipinski definition) is 3. The van der Waals surface area contributed by atoms with Crippen LogP contribution in [0.1, 0.15) is 0 Å². The number of nitrogens with one attached hydrogen (secondary N) is 2. The fraction of sp³-hybridized carbons (Fsp3) is 0. The minimum absolute atomic E-state index is 0. The molecule has 0 aromatic rings. The number of nitrogens with two attached hydrogens (primary N) is 1. The van der Waals surface area contributed by atoms with Gasteiger partial charge in [0, 0.05) is 51.4 Å². The molecule has 0 atom stereocenters. The molecule has 0 bridgehead atoms. The number of hydrazine groups is 1. The molecular formula is CH4KN4O2. The first-order valence-corrected chi connectivity index (χ1v) is 1.38. The van der Waals surface area contributed by atoms with E-state index in [1.807, 2.05) is 0 Å². The maximum Gasteiger partial charge on any atom is 0.248 e. The van der Waals surface area contributed by atoms with E-state index < -0.39 is 11.0 Å². The summed E-state index contributed by atoms with van der Waals surface area (Å²) in [5.41, 5.74) is 5.91. The Balaban J connectivity index is 0. The predicted octanol–water partition coefficient (Wildman–Crippen LogP) is -1.72. The van der Waals surface area contributed by atoms with Gasteiger partial charge in [-0.3, -0.25) is 5.41 Å². The van der Waals surface area contributed by atoms with Gasteiger partial charge in [-0.1, -0.05) is 5.43 Å². The Morgan fingerprint density at radius 3 is 2.25 bits per heavy atom. The van der Waals surface area contributed by atoms with Crippen molar-refractivity contribution in [3.05, 3.63) is 10.1 Å². The van der Waals surface area contributed by atoms with Gasteiger partial charge in [0.25, 0.3) is 0 Å². The molecule has 0 amide bonds. The molecule has 6 nitrogen and oxygen atoms in total. The summed E-state index contributed by atoms with van der Waals surface area (Å²) < 4.78 is 0. The fourth-order valence-corrected chi connectivity index (χ4v) is 0.0983. The molecule has 0 saturated heterocycles. The molecule has 41 valence electrons. The van der Waals surface area contributed by atoms with Crippen LogP contribution in [0.25, 0.3) is 0 Å². The van der Waals surface area contributed by atoms with Gasteiger partial charge >= 0.3 is 0 Å². The van der Waals surface area contributed by atoms with Crippen LogP contribution in [0, 0.1) is 15.5 Å². The summed E-state index contributed by atoms with van der Waals surface area (Å²) in [7, 11) is 0. The Bertz CT molecular complexity index is 90.2. The van der Waals surface area contributed by atoms with Crippen LogP contribution in [0.5, 0.6) is 0 Å². The summed E-state index contributed by atoms with van der Waals surface area (Å²) in [6.45, 7) is 0. The van der Waals surface area contributed by atoms with E-state index in [1.54, 1.807) is 0 Å². The first-order valence-electron chi connectivity index (χ1n) is 1.38. The van der Waals surface area contributed by atoms with E-state index in [1.165, 1.54) is 5.43 Å². The van der Waals surface area contributed by atoms with E-state index in [4.69, 9.17) is 5.41 Å². The second-order valence-electron chi connectivity index (χ2n) is 0.783. The van der Waals surface area contributed by atoms with Crippen LogP contribution >= 0.6 is 0 Å². The Kier molecular flexibility index (Phi) is 7.59. The number of hydrogen-bond donors (Lipinski definition) is 3. The van der Waals surface area contributed by atoms with Gasteiger partial charge in [0.1, 0.15) is 0 Å². The Morgan fingerprint density at radius 2 is 2.25 bits per heavy atom. The van der Waals surface area contributed by atoms with Crippen molar-refractivity contribution in [3.63, 3.8) is 0 Å². The Labute approximate surface area is 87.9 Å². The maximum absolute atomic E-state index is 9.28. The average Bonchev–Trinajstić information content (AvgIpc) is 1.27. The van der Waals surface area contributed by atoms with Gasteiger partial charge in [0.15, 0.2) is 5.03 Å². The van der Waals surface area contributed by atoms with E-state index in [2.05, 4.69) is 5.73 Å². The molecule has 7 heteroatoms. The molecule has 0 unspecified atom stereocenters. The van der Waals surface area contributed by atoms with Crippen molar-refractivity contribution in [3.8, 4) is 0 Å². The van der Waals surface area contributed by atoms with Crippen LogP contribution in [0.4, 0.5) is 0 Å². The van der Waals surface area contributed by atoms with Crippen molar-refractivity contribution >= 4 is 57.3 Å². The minimum Gasteiger partial charge on any atom is -0.366 e. The van der Waals surface area contributed by atoms with Gasteiger partial charge in [0.2, 0.25) is 5.96 Å². The fourth-order valence-electron chi connectivity index (χ4n) is 0.0983. The molecule has 8 heavy (non-hydrogen) atoms. The molecular weight excluding hydrogens is 139 g/mol. The van der Waals surface area contributed by atoms with Gasteiger partial charge < -0.3 is 5.73 Å². The van der Waals surface area contributed by atoms with Crippen molar-refractivity contribution in [2.45, 2.75) is 0 Å². The summed E-state index contributed by atoms with van der Waals surface area (Å²) in [6, 6.07) is 0. The predicted molar refractivity (Wildman–Crippen MR) is 27.8 cm³/mol.